The van der Waals surface area contributed by atoms with Gasteiger partial charge in [-0.3, -0.25) is 4.90 Å². The standard InChI is InChI=1S/C26H45NO3/c1-20-9-8-10-21(2)27(20)17-23(28)18-29-15-16-30-24-13-11-22(12-14-24)26(6,7)19-25(3,4)5/h11-14,20-21,23,28H,8-10,15-19H2,1-7H3/t20-,21-,23-/m1/s1. The Hall–Kier alpha value is -1.10. The summed E-state index contributed by atoms with van der Waals surface area (Å²) in [4.78, 5) is 2.41. The van der Waals surface area contributed by atoms with Crippen LogP contribution >= 0.6 is 0 Å². The highest BCUT2D eigenvalue weighted by molar-refractivity contribution is 5.31. The van der Waals surface area contributed by atoms with Crippen molar-refractivity contribution in [2.75, 3.05) is 26.4 Å². The van der Waals surface area contributed by atoms with Crippen LogP contribution in [0.15, 0.2) is 24.3 Å². The molecule has 0 unspecified atom stereocenters. The number of piperidine rings is 1. The molecule has 30 heavy (non-hydrogen) atoms. The zero-order valence-corrected chi connectivity index (χ0v) is 20.4. The van der Waals surface area contributed by atoms with E-state index in [4.69, 9.17) is 9.47 Å². The molecule has 3 atom stereocenters. The van der Waals surface area contributed by atoms with Crippen LogP contribution in [0.25, 0.3) is 0 Å². The summed E-state index contributed by atoms with van der Waals surface area (Å²) in [5.41, 5.74) is 1.77. The van der Waals surface area contributed by atoms with Crippen LogP contribution < -0.4 is 4.74 Å². The molecule has 1 fully saturated rings. The van der Waals surface area contributed by atoms with E-state index in [1.807, 2.05) is 12.1 Å². The summed E-state index contributed by atoms with van der Waals surface area (Å²) in [6, 6.07) is 9.53. The van der Waals surface area contributed by atoms with Crippen molar-refractivity contribution in [3.63, 3.8) is 0 Å². The predicted molar refractivity (Wildman–Crippen MR) is 125 cm³/mol. The van der Waals surface area contributed by atoms with Crippen molar-refractivity contribution in [1.29, 1.82) is 0 Å². The second-order valence-corrected chi connectivity index (χ2v) is 11.0. The van der Waals surface area contributed by atoms with Gasteiger partial charge in [0.1, 0.15) is 12.4 Å². The van der Waals surface area contributed by atoms with Gasteiger partial charge >= 0.3 is 0 Å². The van der Waals surface area contributed by atoms with E-state index >= 15 is 0 Å². The third kappa shape index (κ3) is 8.20. The number of aliphatic hydroxyl groups is 1. The van der Waals surface area contributed by atoms with Crippen molar-refractivity contribution >= 4 is 0 Å². The molecule has 1 aromatic rings. The molecule has 0 spiro atoms. The van der Waals surface area contributed by atoms with Gasteiger partial charge in [0.05, 0.1) is 19.3 Å². The van der Waals surface area contributed by atoms with E-state index in [-0.39, 0.29) is 5.41 Å². The second-order valence-electron chi connectivity index (χ2n) is 11.0. The number of β-amino-alcohol motifs (C(OH)–C–C–N with tert-alkyl or cyclic N) is 1. The first-order chi connectivity index (χ1) is 14.0. The van der Waals surface area contributed by atoms with Gasteiger partial charge in [0.15, 0.2) is 0 Å². The number of likely N-dealkylation sites (tertiary alicyclic amines) is 1. The number of hydrogen-bond donors (Lipinski definition) is 1. The highest BCUT2D eigenvalue weighted by atomic mass is 16.5. The summed E-state index contributed by atoms with van der Waals surface area (Å²) in [5.74, 6) is 0.866. The molecule has 0 aromatic heterocycles. The second kappa shape index (κ2) is 11.0. The topological polar surface area (TPSA) is 41.9 Å². The Bertz CT molecular complexity index is 610. The first-order valence-electron chi connectivity index (χ1n) is 11.7. The Kier molecular flexibility index (Phi) is 9.20. The van der Waals surface area contributed by atoms with Crippen molar-refractivity contribution in [3.8, 4) is 5.75 Å². The molecule has 0 bridgehead atoms. The van der Waals surface area contributed by atoms with Gasteiger partial charge in [0.25, 0.3) is 0 Å². The average molecular weight is 420 g/mol. The lowest BCUT2D eigenvalue weighted by Crippen LogP contribution is -2.48. The normalized spacial score (nSPS) is 22.1. The zero-order chi connectivity index (χ0) is 22.4. The van der Waals surface area contributed by atoms with Crippen LogP contribution in [0.4, 0.5) is 0 Å². The molecule has 4 heteroatoms. The first-order valence-corrected chi connectivity index (χ1v) is 11.7. The highest BCUT2D eigenvalue weighted by Gasteiger charge is 2.27. The summed E-state index contributed by atoms with van der Waals surface area (Å²) in [7, 11) is 0. The zero-order valence-electron chi connectivity index (χ0n) is 20.4. The Labute approximate surface area is 185 Å². The lowest BCUT2D eigenvalue weighted by atomic mass is 9.72. The maximum atomic E-state index is 10.3. The smallest absolute Gasteiger partial charge is 0.119 e. The number of rotatable bonds is 10. The maximum absolute atomic E-state index is 10.3. The quantitative estimate of drug-likeness (QED) is 0.514. The molecular weight excluding hydrogens is 374 g/mol. The van der Waals surface area contributed by atoms with E-state index in [1.54, 1.807) is 0 Å². The lowest BCUT2D eigenvalue weighted by molar-refractivity contribution is -0.0141. The molecule has 0 radical (unpaired) electrons. The summed E-state index contributed by atoms with van der Waals surface area (Å²) in [5, 5.41) is 10.3. The van der Waals surface area contributed by atoms with E-state index in [0.29, 0.717) is 43.9 Å². The molecule has 2 rings (SSSR count). The van der Waals surface area contributed by atoms with E-state index in [0.717, 1.165) is 12.2 Å². The third-order valence-electron chi connectivity index (χ3n) is 6.21. The highest BCUT2D eigenvalue weighted by Crippen LogP contribution is 2.36. The van der Waals surface area contributed by atoms with Crippen LogP contribution in [-0.2, 0) is 10.2 Å². The fourth-order valence-corrected chi connectivity index (χ4v) is 5.00. The van der Waals surface area contributed by atoms with Crippen LogP contribution in [0.1, 0.15) is 79.7 Å². The molecule has 1 aliphatic heterocycles. The van der Waals surface area contributed by atoms with E-state index in [9.17, 15) is 5.11 Å². The lowest BCUT2D eigenvalue weighted by Gasteiger charge is -2.40. The van der Waals surface area contributed by atoms with Gasteiger partial charge in [-0.05, 0) is 61.6 Å². The molecule has 4 nitrogen and oxygen atoms in total. The minimum atomic E-state index is -0.447. The van der Waals surface area contributed by atoms with Crippen molar-refractivity contribution in [3.05, 3.63) is 29.8 Å². The minimum Gasteiger partial charge on any atom is -0.491 e. The molecule has 1 saturated heterocycles. The molecule has 1 N–H and O–H groups in total. The molecule has 1 aromatic carbocycles. The van der Waals surface area contributed by atoms with Gasteiger partial charge in [-0.2, -0.15) is 0 Å². The molecule has 0 saturated carbocycles. The average Bonchev–Trinajstić information content (AvgIpc) is 2.63. The first kappa shape index (κ1) is 25.2. The summed E-state index contributed by atoms with van der Waals surface area (Å²) in [6.45, 7) is 18.0. The fraction of sp³-hybridized carbons (Fsp3) is 0.769. The molecule has 0 aliphatic carbocycles. The van der Waals surface area contributed by atoms with Gasteiger partial charge in [-0.1, -0.05) is 53.2 Å². The van der Waals surface area contributed by atoms with Gasteiger partial charge in [0.2, 0.25) is 0 Å². The Morgan fingerprint density at radius 1 is 1.00 bits per heavy atom. The Balaban J connectivity index is 1.68. The summed E-state index contributed by atoms with van der Waals surface area (Å²) >= 11 is 0. The van der Waals surface area contributed by atoms with Gasteiger partial charge in [0, 0.05) is 18.6 Å². The summed E-state index contributed by atoms with van der Waals surface area (Å²) < 4.78 is 11.5. The van der Waals surface area contributed by atoms with Gasteiger partial charge in [-0.15, -0.1) is 0 Å². The number of benzene rings is 1. The van der Waals surface area contributed by atoms with Crippen LogP contribution in [0.3, 0.4) is 0 Å². The third-order valence-corrected chi connectivity index (χ3v) is 6.21. The molecule has 1 aliphatic rings. The number of nitrogens with zero attached hydrogens (tertiary/aromatic N) is 1. The van der Waals surface area contributed by atoms with Gasteiger partial charge < -0.3 is 14.6 Å². The van der Waals surface area contributed by atoms with Crippen LogP contribution in [0.5, 0.6) is 5.75 Å². The van der Waals surface area contributed by atoms with E-state index in [2.05, 4.69) is 65.5 Å². The molecule has 0 amide bonds. The minimum absolute atomic E-state index is 0.138. The molecule has 1 heterocycles. The SMILES string of the molecule is C[C@@H]1CCC[C@@H](C)N1C[C@@H](O)COCCOc1ccc(C(C)(C)CC(C)(C)C)cc1. The van der Waals surface area contributed by atoms with Gasteiger partial charge in [-0.25, -0.2) is 0 Å². The maximum Gasteiger partial charge on any atom is 0.119 e. The Morgan fingerprint density at radius 2 is 1.60 bits per heavy atom. The number of hydrogen-bond acceptors (Lipinski definition) is 4. The van der Waals surface area contributed by atoms with E-state index in [1.165, 1.54) is 24.8 Å². The predicted octanol–water partition coefficient (Wildman–Crippen LogP) is 5.42. The molecule has 172 valence electrons. The fourth-order valence-electron chi connectivity index (χ4n) is 5.00. The van der Waals surface area contributed by atoms with Crippen molar-refractivity contribution in [1.82, 2.24) is 4.90 Å². The largest absolute Gasteiger partial charge is 0.491 e. The summed E-state index contributed by atoms with van der Waals surface area (Å²) in [6.07, 6.45) is 4.41. The van der Waals surface area contributed by atoms with Crippen LogP contribution in [0, 0.1) is 5.41 Å². The van der Waals surface area contributed by atoms with Crippen LogP contribution in [0.2, 0.25) is 0 Å². The van der Waals surface area contributed by atoms with E-state index < -0.39 is 6.10 Å². The monoisotopic (exact) mass is 419 g/mol. The molecular formula is C26H45NO3. The van der Waals surface area contributed by atoms with Crippen molar-refractivity contribution in [2.45, 2.75) is 97.8 Å². The van der Waals surface area contributed by atoms with Crippen LogP contribution in [-0.4, -0.2) is 54.6 Å². The van der Waals surface area contributed by atoms with Crippen molar-refractivity contribution in [2.24, 2.45) is 5.41 Å². The Morgan fingerprint density at radius 3 is 2.17 bits per heavy atom. The van der Waals surface area contributed by atoms with Crippen molar-refractivity contribution < 1.29 is 14.6 Å². The number of aliphatic hydroxyl groups excluding tert-OH is 1. The number of ether oxygens (including phenoxy) is 2.